The van der Waals surface area contributed by atoms with Crippen LogP contribution in [-0.4, -0.2) is 18.4 Å². The Labute approximate surface area is 133 Å². The van der Waals surface area contributed by atoms with E-state index in [1.165, 1.54) is 24.5 Å². The molecule has 1 heterocycles. The van der Waals surface area contributed by atoms with E-state index in [0.717, 1.165) is 0 Å². The van der Waals surface area contributed by atoms with Crippen molar-refractivity contribution in [1.82, 2.24) is 9.97 Å². The maximum absolute atomic E-state index is 12.2. The Morgan fingerprint density at radius 1 is 1.20 bits per heavy atom. The smallest absolute Gasteiger partial charge is 0.266 e. The second-order valence-corrected chi connectivity index (χ2v) is 6.91. The molecular weight excluding hydrogens is 391 g/mol. The zero-order valence-corrected chi connectivity index (χ0v) is 13.6. The van der Waals surface area contributed by atoms with Gasteiger partial charge in [0.05, 0.1) is 23.1 Å². The summed E-state index contributed by atoms with van der Waals surface area (Å²) in [6, 6.07) is 2.59. The van der Waals surface area contributed by atoms with Crippen LogP contribution >= 0.6 is 39.1 Å². The zero-order valence-electron chi connectivity index (χ0n) is 9.64. The predicted octanol–water partition coefficient (Wildman–Crippen LogP) is 2.93. The maximum Gasteiger partial charge on any atom is 0.266 e. The fourth-order valence-electron chi connectivity index (χ4n) is 1.42. The molecule has 6 nitrogen and oxygen atoms in total. The van der Waals surface area contributed by atoms with Crippen molar-refractivity contribution in [2.45, 2.75) is 4.90 Å². The summed E-state index contributed by atoms with van der Waals surface area (Å²) < 4.78 is 27.2. The molecule has 10 heteroatoms. The minimum atomic E-state index is -3.99. The summed E-state index contributed by atoms with van der Waals surface area (Å²) >= 11 is 14.7. The Balaban J connectivity index is 2.43. The summed E-state index contributed by atoms with van der Waals surface area (Å²) in [5, 5.41) is 0.169. The summed E-state index contributed by atoms with van der Waals surface area (Å²) in [4.78, 5) is 7.46. The highest BCUT2D eigenvalue weighted by Gasteiger charge is 2.22. The van der Waals surface area contributed by atoms with Gasteiger partial charge in [0.2, 0.25) is 0 Å². The molecule has 3 N–H and O–H groups in total. The molecule has 2 rings (SSSR count). The minimum Gasteiger partial charge on any atom is -0.398 e. The van der Waals surface area contributed by atoms with Crippen LogP contribution in [0, 0.1) is 0 Å². The van der Waals surface area contributed by atoms with Gasteiger partial charge in [0.25, 0.3) is 10.0 Å². The number of aromatic nitrogens is 2. The monoisotopic (exact) mass is 396 g/mol. The fourth-order valence-corrected chi connectivity index (χ4v) is 3.60. The molecule has 0 unspecified atom stereocenters. The van der Waals surface area contributed by atoms with Gasteiger partial charge < -0.3 is 5.73 Å². The number of hydrogen-bond donors (Lipinski definition) is 2. The molecule has 20 heavy (non-hydrogen) atoms. The lowest BCUT2D eigenvalue weighted by Gasteiger charge is -2.11. The third-order valence-electron chi connectivity index (χ3n) is 2.17. The molecule has 1 aromatic heterocycles. The van der Waals surface area contributed by atoms with Gasteiger partial charge in [-0.1, -0.05) is 23.2 Å². The lowest BCUT2D eigenvalue weighted by atomic mass is 10.3. The van der Waals surface area contributed by atoms with Crippen LogP contribution in [0.5, 0.6) is 0 Å². The summed E-state index contributed by atoms with van der Waals surface area (Å²) in [6.07, 6.45) is 2.60. The maximum atomic E-state index is 12.2. The third-order valence-corrected chi connectivity index (χ3v) is 4.67. The van der Waals surface area contributed by atoms with Gasteiger partial charge in [0.1, 0.15) is 9.50 Å². The Morgan fingerprint density at radius 3 is 2.45 bits per heavy atom. The number of nitrogens with two attached hydrogens (primary N) is 1. The number of nitrogens with zero attached hydrogens (tertiary/aromatic N) is 2. The number of hydrogen-bond acceptors (Lipinski definition) is 5. The molecule has 2 aromatic rings. The van der Waals surface area contributed by atoms with Gasteiger partial charge in [-0.25, -0.2) is 18.4 Å². The van der Waals surface area contributed by atoms with Gasteiger partial charge >= 0.3 is 0 Å². The van der Waals surface area contributed by atoms with Crippen LogP contribution in [0.15, 0.2) is 34.0 Å². The van der Waals surface area contributed by atoms with Crippen LogP contribution in [0.25, 0.3) is 0 Å². The largest absolute Gasteiger partial charge is 0.398 e. The molecule has 106 valence electrons. The number of sulfonamides is 1. The third kappa shape index (κ3) is 3.32. The molecule has 1 aromatic carbocycles. The van der Waals surface area contributed by atoms with E-state index in [9.17, 15) is 8.42 Å². The van der Waals surface area contributed by atoms with Gasteiger partial charge in [-0.3, -0.25) is 4.72 Å². The van der Waals surface area contributed by atoms with Crippen molar-refractivity contribution >= 4 is 60.7 Å². The number of anilines is 2. The molecule has 0 radical (unpaired) electrons. The van der Waals surface area contributed by atoms with E-state index in [4.69, 9.17) is 28.9 Å². The zero-order chi connectivity index (χ0) is 14.9. The van der Waals surface area contributed by atoms with Crippen LogP contribution in [0.1, 0.15) is 0 Å². The van der Waals surface area contributed by atoms with Crippen LogP contribution < -0.4 is 10.5 Å². The molecule has 0 aliphatic rings. The molecule has 0 amide bonds. The van der Waals surface area contributed by atoms with Gasteiger partial charge in [0, 0.05) is 5.02 Å². The van der Waals surface area contributed by atoms with Crippen molar-refractivity contribution in [3.05, 3.63) is 39.2 Å². The average Bonchev–Trinajstić information content (AvgIpc) is 2.30. The molecule has 0 fully saturated rings. The van der Waals surface area contributed by atoms with E-state index in [1.807, 2.05) is 0 Å². The standard InChI is InChI=1S/C10H7BrCl2N4O2S/c11-8-3-16-9(4-15-8)17-20(18,19)10-6(13)1-5(12)2-7(10)14/h1-4H,14H2,(H,16,17). The first-order chi connectivity index (χ1) is 9.29. The second kappa shape index (κ2) is 5.72. The topological polar surface area (TPSA) is 98.0 Å². The Morgan fingerprint density at radius 2 is 1.90 bits per heavy atom. The lowest BCUT2D eigenvalue weighted by Crippen LogP contribution is -2.16. The molecule has 0 saturated carbocycles. The van der Waals surface area contributed by atoms with E-state index in [1.54, 1.807) is 0 Å². The summed E-state index contributed by atoms with van der Waals surface area (Å²) in [5.74, 6) is 0.0404. The van der Waals surface area contributed by atoms with E-state index in [0.29, 0.717) is 4.60 Å². The SMILES string of the molecule is Nc1cc(Cl)cc(Cl)c1S(=O)(=O)Nc1cnc(Br)cn1. The van der Waals surface area contributed by atoms with Gasteiger partial charge in [-0.05, 0) is 28.1 Å². The summed E-state index contributed by atoms with van der Waals surface area (Å²) in [7, 11) is -3.99. The van der Waals surface area contributed by atoms with Gasteiger partial charge in [-0.2, -0.15) is 0 Å². The number of nitrogens with one attached hydrogen (secondary N) is 1. The van der Waals surface area contributed by atoms with Crippen LogP contribution in [0.2, 0.25) is 10.0 Å². The van der Waals surface area contributed by atoms with Crippen molar-refractivity contribution in [3.8, 4) is 0 Å². The Kier molecular flexibility index (Phi) is 4.38. The molecular formula is C10H7BrCl2N4O2S. The van der Waals surface area contributed by atoms with Crippen molar-refractivity contribution < 1.29 is 8.42 Å². The van der Waals surface area contributed by atoms with E-state index in [2.05, 4.69) is 30.6 Å². The normalized spacial score (nSPS) is 11.3. The molecule has 0 atom stereocenters. The second-order valence-electron chi connectivity index (χ2n) is 3.64. The molecule has 0 aliphatic carbocycles. The van der Waals surface area contributed by atoms with Crippen molar-refractivity contribution in [2.75, 3.05) is 10.5 Å². The number of benzene rings is 1. The highest BCUT2D eigenvalue weighted by molar-refractivity contribution is 9.10. The molecule has 0 aliphatic heterocycles. The first-order valence-corrected chi connectivity index (χ1v) is 8.07. The minimum absolute atomic E-state index is 0.0404. The molecule has 0 bridgehead atoms. The van der Waals surface area contributed by atoms with E-state index in [-0.39, 0.29) is 26.4 Å². The predicted molar refractivity (Wildman–Crippen MR) is 81.4 cm³/mol. The van der Waals surface area contributed by atoms with E-state index < -0.39 is 10.0 Å². The quantitative estimate of drug-likeness (QED) is 0.775. The average molecular weight is 398 g/mol. The number of nitrogen functional groups attached to an aromatic ring is 1. The Hall–Kier alpha value is -1.09. The lowest BCUT2D eigenvalue weighted by molar-refractivity contribution is 0.601. The fraction of sp³-hybridized carbons (Fsp3) is 0. The molecule has 0 saturated heterocycles. The molecule has 0 spiro atoms. The van der Waals surface area contributed by atoms with Gasteiger partial charge in [0.15, 0.2) is 5.82 Å². The highest BCUT2D eigenvalue weighted by Crippen LogP contribution is 2.32. The number of halogens is 3. The Bertz CT molecular complexity index is 729. The first kappa shape index (κ1) is 15.3. The summed E-state index contributed by atoms with van der Waals surface area (Å²) in [6.45, 7) is 0. The van der Waals surface area contributed by atoms with Crippen molar-refractivity contribution in [3.63, 3.8) is 0 Å². The van der Waals surface area contributed by atoms with Crippen molar-refractivity contribution in [1.29, 1.82) is 0 Å². The van der Waals surface area contributed by atoms with Crippen LogP contribution in [0.3, 0.4) is 0 Å². The van der Waals surface area contributed by atoms with E-state index >= 15 is 0 Å². The summed E-state index contributed by atoms with van der Waals surface area (Å²) in [5.41, 5.74) is 5.60. The first-order valence-electron chi connectivity index (χ1n) is 5.04. The van der Waals surface area contributed by atoms with Gasteiger partial charge in [-0.15, -0.1) is 0 Å². The van der Waals surface area contributed by atoms with Crippen LogP contribution in [0.4, 0.5) is 11.5 Å². The number of rotatable bonds is 3. The van der Waals surface area contributed by atoms with Crippen molar-refractivity contribution in [2.24, 2.45) is 0 Å². The van der Waals surface area contributed by atoms with Crippen LogP contribution in [-0.2, 0) is 10.0 Å². The highest BCUT2D eigenvalue weighted by atomic mass is 79.9.